The van der Waals surface area contributed by atoms with Crippen LogP contribution in [0.2, 0.25) is 0 Å². The average Bonchev–Trinajstić information content (AvgIpc) is 2.97. The fourth-order valence-corrected chi connectivity index (χ4v) is 5.24. The molecule has 0 saturated carbocycles. The predicted octanol–water partition coefficient (Wildman–Crippen LogP) is 6.73. The molecule has 0 saturated heterocycles. The van der Waals surface area contributed by atoms with E-state index in [4.69, 9.17) is 9.73 Å². The van der Waals surface area contributed by atoms with Crippen molar-refractivity contribution >= 4 is 28.4 Å². The Labute approximate surface area is 182 Å². The normalized spacial score (nSPS) is 20.5. The highest BCUT2D eigenvalue weighted by Crippen LogP contribution is 2.56. The summed E-state index contributed by atoms with van der Waals surface area (Å²) in [6, 6.07) is 29.6. The molecule has 1 spiro atoms. The van der Waals surface area contributed by atoms with Gasteiger partial charge in [-0.05, 0) is 42.5 Å². The van der Waals surface area contributed by atoms with Gasteiger partial charge in [0, 0.05) is 23.7 Å². The highest BCUT2D eigenvalue weighted by Gasteiger charge is 2.58. The lowest BCUT2D eigenvalue weighted by Gasteiger charge is -2.45. The van der Waals surface area contributed by atoms with Gasteiger partial charge < -0.3 is 9.64 Å². The van der Waals surface area contributed by atoms with Gasteiger partial charge in [-0.15, -0.1) is 0 Å². The maximum Gasteiger partial charge on any atom is 0.228 e. The van der Waals surface area contributed by atoms with Gasteiger partial charge in [-0.1, -0.05) is 72.8 Å². The summed E-state index contributed by atoms with van der Waals surface area (Å²) in [5, 5.41) is 2.28. The Morgan fingerprint density at radius 2 is 1.55 bits per heavy atom. The van der Waals surface area contributed by atoms with Gasteiger partial charge in [0.1, 0.15) is 5.69 Å². The maximum absolute atomic E-state index is 7.06. The van der Waals surface area contributed by atoms with Crippen molar-refractivity contribution in [3.63, 3.8) is 0 Å². The Morgan fingerprint density at radius 3 is 2.35 bits per heavy atom. The first-order valence-electron chi connectivity index (χ1n) is 10.7. The highest BCUT2D eigenvalue weighted by atomic mass is 16.5. The average molecular weight is 405 g/mol. The van der Waals surface area contributed by atoms with Crippen LogP contribution in [0.4, 0.5) is 11.4 Å². The highest BCUT2D eigenvalue weighted by molar-refractivity contribution is 6.04. The van der Waals surface area contributed by atoms with E-state index in [2.05, 4.69) is 105 Å². The molecular formula is C28H24N2O. The van der Waals surface area contributed by atoms with Crippen LogP contribution in [0.25, 0.3) is 21.9 Å². The summed E-state index contributed by atoms with van der Waals surface area (Å²) in [5.74, 6) is 0.847. The number of likely N-dealkylation sites (N-methyl/N-ethyl adjacent to an activating group) is 1. The first-order valence-corrected chi connectivity index (χ1v) is 10.7. The topological polar surface area (TPSA) is 24.8 Å². The molecule has 152 valence electrons. The van der Waals surface area contributed by atoms with Crippen LogP contribution in [0.5, 0.6) is 5.75 Å². The Kier molecular flexibility index (Phi) is 3.64. The lowest BCUT2D eigenvalue weighted by Crippen LogP contribution is -2.61. The molecule has 0 bridgehead atoms. The molecule has 2 aliphatic rings. The summed E-state index contributed by atoms with van der Waals surface area (Å²) in [6.45, 7) is 4.49. The standard InChI is InChI=1S/C28H24N2O/c1-27(2)23-15-9-10-16-24(23)30(3)28(27)18-29-25-21-14-8-7-13-20(21)17-22(26(25)31-28)19-11-5-4-6-12-19/h4-18H,1-3H3. The number of rotatable bonds is 1. The summed E-state index contributed by atoms with van der Waals surface area (Å²) in [7, 11) is 2.10. The number of hydrogen-bond donors (Lipinski definition) is 0. The lowest BCUT2D eigenvalue weighted by atomic mass is 9.77. The maximum atomic E-state index is 7.06. The second-order valence-corrected chi connectivity index (χ2v) is 8.95. The molecule has 3 nitrogen and oxygen atoms in total. The third kappa shape index (κ3) is 2.32. The summed E-state index contributed by atoms with van der Waals surface area (Å²) < 4.78 is 7.06. The summed E-state index contributed by atoms with van der Waals surface area (Å²) >= 11 is 0. The minimum atomic E-state index is -0.699. The number of nitrogens with zero attached hydrogens (tertiary/aromatic N) is 2. The largest absolute Gasteiger partial charge is 0.459 e. The van der Waals surface area contributed by atoms with Gasteiger partial charge in [0.2, 0.25) is 5.72 Å². The first kappa shape index (κ1) is 18.2. The van der Waals surface area contributed by atoms with E-state index in [0.717, 1.165) is 28.0 Å². The summed E-state index contributed by atoms with van der Waals surface area (Å²) in [6.07, 6.45) is 2.01. The molecule has 1 unspecified atom stereocenters. The van der Waals surface area contributed by atoms with Crippen molar-refractivity contribution in [3.8, 4) is 16.9 Å². The van der Waals surface area contributed by atoms with Gasteiger partial charge >= 0.3 is 0 Å². The molecule has 0 radical (unpaired) electrons. The van der Waals surface area contributed by atoms with Gasteiger partial charge in [-0.3, -0.25) is 4.99 Å². The second kappa shape index (κ2) is 6.21. The van der Waals surface area contributed by atoms with E-state index in [-0.39, 0.29) is 5.41 Å². The van der Waals surface area contributed by atoms with E-state index < -0.39 is 5.72 Å². The van der Waals surface area contributed by atoms with Crippen molar-refractivity contribution in [2.45, 2.75) is 25.0 Å². The minimum absolute atomic E-state index is 0.279. The smallest absolute Gasteiger partial charge is 0.228 e. The van der Waals surface area contributed by atoms with E-state index in [9.17, 15) is 0 Å². The number of benzene rings is 4. The van der Waals surface area contributed by atoms with Crippen molar-refractivity contribution in [1.29, 1.82) is 0 Å². The van der Waals surface area contributed by atoms with Crippen LogP contribution >= 0.6 is 0 Å². The van der Waals surface area contributed by atoms with Crippen molar-refractivity contribution in [3.05, 3.63) is 90.5 Å². The van der Waals surface area contributed by atoms with Crippen molar-refractivity contribution in [2.75, 3.05) is 11.9 Å². The third-order valence-corrected chi connectivity index (χ3v) is 7.02. The van der Waals surface area contributed by atoms with Gasteiger partial charge in [0.15, 0.2) is 5.75 Å². The summed E-state index contributed by atoms with van der Waals surface area (Å²) in [5.41, 5.74) is 4.59. The van der Waals surface area contributed by atoms with Gasteiger partial charge in [0.25, 0.3) is 0 Å². The molecule has 0 fully saturated rings. The molecule has 6 rings (SSSR count). The fraction of sp³-hybridized carbons (Fsp3) is 0.179. The van der Waals surface area contributed by atoms with E-state index in [1.165, 1.54) is 16.6 Å². The van der Waals surface area contributed by atoms with Crippen molar-refractivity contribution < 1.29 is 4.74 Å². The van der Waals surface area contributed by atoms with Crippen LogP contribution in [0.15, 0.2) is 89.9 Å². The Hall–Kier alpha value is -3.59. The number of fused-ring (bicyclic) bond motifs is 4. The number of anilines is 1. The van der Waals surface area contributed by atoms with Crippen LogP contribution in [0, 0.1) is 0 Å². The molecule has 4 aromatic carbocycles. The van der Waals surface area contributed by atoms with Gasteiger partial charge in [-0.2, -0.15) is 0 Å². The second-order valence-electron chi connectivity index (χ2n) is 8.95. The number of hydrogen-bond acceptors (Lipinski definition) is 3. The number of para-hydroxylation sites is 1. The van der Waals surface area contributed by atoms with E-state index in [1.807, 2.05) is 12.3 Å². The van der Waals surface area contributed by atoms with E-state index in [0.29, 0.717) is 0 Å². The Bertz CT molecular complexity index is 1360. The van der Waals surface area contributed by atoms with Gasteiger partial charge in [0.05, 0.1) is 11.6 Å². The molecule has 2 aliphatic heterocycles. The Morgan fingerprint density at radius 1 is 0.839 bits per heavy atom. The SMILES string of the molecule is CN1c2ccccc2C(C)(C)C12C=Nc1c(c(-c3ccccc3)cc3ccccc13)O2. The number of aliphatic imine (C=N–C) groups is 1. The van der Waals surface area contributed by atoms with Crippen LogP contribution in [-0.4, -0.2) is 19.0 Å². The molecule has 31 heavy (non-hydrogen) atoms. The zero-order valence-electron chi connectivity index (χ0n) is 18.0. The van der Waals surface area contributed by atoms with E-state index >= 15 is 0 Å². The predicted molar refractivity (Wildman–Crippen MR) is 129 cm³/mol. The number of ether oxygens (including phenoxy) is 1. The molecular weight excluding hydrogens is 380 g/mol. The molecule has 3 heteroatoms. The van der Waals surface area contributed by atoms with Crippen LogP contribution in [-0.2, 0) is 5.41 Å². The monoisotopic (exact) mass is 404 g/mol. The molecule has 0 amide bonds. The van der Waals surface area contributed by atoms with Crippen molar-refractivity contribution in [2.24, 2.45) is 4.99 Å². The van der Waals surface area contributed by atoms with Crippen LogP contribution < -0.4 is 9.64 Å². The molecule has 1 atom stereocenters. The van der Waals surface area contributed by atoms with Crippen LogP contribution in [0.1, 0.15) is 19.4 Å². The third-order valence-electron chi connectivity index (χ3n) is 7.02. The van der Waals surface area contributed by atoms with Crippen LogP contribution in [0.3, 0.4) is 0 Å². The fourth-order valence-electron chi connectivity index (χ4n) is 5.24. The van der Waals surface area contributed by atoms with E-state index in [1.54, 1.807) is 0 Å². The molecule has 0 aliphatic carbocycles. The van der Waals surface area contributed by atoms with Gasteiger partial charge in [-0.25, -0.2) is 0 Å². The molecule has 2 heterocycles. The molecule has 0 N–H and O–H groups in total. The lowest BCUT2D eigenvalue weighted by molar-refractivity contribution is 0.0833. The Balaban J connectivity index is 1.63. The quantitative estimate of drug-likeness (QED) is 0.351. The molecule has 4 aromatic rings. The summed E-state index contributed by atoms with van der Waals surface area (Å²) in [4.78, 5) is 7.31. The zero-order chi connectivity index (χ0) is 21.2. The minimum Gasteiger partial charge on any atom is -0.459 e. The van der Waals surface area contributed by atoms with Crippen molar-refractivity contribution in [1.82, 2.24) is 0 Å². The molecule has 0 aromatic heterocycles. The first-order chi connectivity index (χ1) is 15.0. The zero-order valence-corrected chi connectivity index (χ0v) is 18.0.